The van der Waals surface area contributed by atoms with Gasteiger partial charge >= 0.3 is 5.97 Å². The predicted octanol–water partition coefficient (Wildman–Crippen LogP) is 3.88. The Balaban J connectivity index is 2.04. The maximum Gasteiger partial charge on any atom is 0.352 e. The predicted molar refractivity (Wildman–Crippen MR) is 74.1 cm³/mol. The number of esters is 1. The number of ether oxygens (including phenoxy) is 2. The average Bonchev–Trinajstić information content (AvgIpc) is 2.78. The molecule has 1 aromatic heterocycles. The molecule has 0 aliphatic rings. The van der Waals surface area contributed by atoms with Crippen molar-refractivity contribution >= 4 is 33.2 Å². The molecule has 0 N–H and O–H groups in total. The Kier molecular flexibility index (Phi) is 4.38. The van der Waals surface area contributed by atoms with Crippen molar-refractivity contribution in [1.82, 2.24) is 0 Å². The lowest BCUT2D eigenvalue weighted by Crippen LogP contribution is -2.04. The molecule has 0 unspecified atom stereocenters. The molecule has 0 radical (unpaired) electrons. The molecular formula is C13H11BrO3S. The number of thiophene rings is 1. The van der Waals surface area contributed by atoms with Gasteiger partial charge < -0.3 is 9.47 Å². The van der Waals surface area contributed by atoms with Crippen molar-refractivity contribution in [1.29, 1.82) is 0 Å². The van der Waals surface area contributed by atoms with Crippen molar-refractivity contribution in [3.05, 3.63) is 50.6 Å². The summed E-state index contributed by atoms with van der Waals surface area (Å²) in [6, 6.07) is 9.56. The van der Waals surface area contributed by atoms with E-state index >= 15 is 0 Å². The van der Waals surface area contributed by atoms with Gasteiger partial charge in [-0.2, -0.15) is 0 Å². The lowest BCUT2D eigenvalue weighted by molar-refractivity contribution is 0.0475. The Morgan fingerprint density at radius 1 is 1.33 bits per heavy atom. The van der Waals surface area contributed by atoms with Gasteiger partial charge in [0.05, 0.1) is 11.6 Å². The highest BCUT2D eigenvalue weighted by atomic mass is 79.9. The molecule has 0 spiro atoms. The highest BCUT2D eigenvalue weighted by Crippen LogP contribution is 2.35. The summed E-state index contributed by atoms with van der Waals surface area (Å²) in [5.41, 5.74) is 0.959. The van der Waals surface area contributed by atoms with Crippen molar-refractivity contribution in [3.63, 3.8) is 0 Å². The van der Waals surface area contributed by atoms with Gasteiger partial charge in [-0.1, -0.05) is 30.3 Å². The first-order chi connectivity index (χ1) is 8.72. The van der Waals surface area contributed by atoms with E-state index in [-0.39, 0.29) is 12.6 Å². The third-order valence-electron chi connectivity index (χ3n) is 2.31. The standard InChI is InChI=1S/C13H11BrO3S/c1-16-11-10(14)8-18-12(11)13(15)17-7-9-5-3-2-4-6-9/h2-6,8H,7H2,1H3. The van der Waals surface area contributed by atoms with E-state index in [0.29, 0.717) is 10.6 Å². The average molecular weight is 327 g/mol. The van der Waals surface area contributed by atoms with Crippen molar-refractivity contribution in [2.24, 2.45) is 0 Å². The van der Waals surface area contributed by atoms with Crippen LogP contribution < -0.4 is 4.74 Å². The largest absolute Gasteiger partial charge is 0.494 e. The zero-order valence-electron chi connectivity index (χ0n) is 9.68. The van der Waals surface area contributed by atoms with Gasteiger partial charge in [-0.3, -0.25) is 0 Å². The summed E-state index contributed by atoms with van der Waals surface area (Å²) in [4.78, 5) is 12.4. The van der Waals surface area contributed by atoms with Crippen molar-refractivity contribution in [2.75, 3.05) is 7.11 Å². The maximum atomic E-state index is 11.9. The van der Waals surface area contributed by atoms with Crippen LogP contribution in [0.1, 0.15) is 15.2 Å². The molecule has 5 heteroatoms. The highest BCUT2D eigenvalue weighted by Gasteiger charge is 2.19. The summed E-state index contributed by atoms with van der Waals surface area (Å²) in [6.45, 7) is 0.262. The number of methoxy groups -OCH3 is 1. The van der Waals surface area contributed by atoms with Crippen LogP contribution >= 0.6 is 27.3 Å². The van der Waals surface area contributed by atoms with Crippen LogP contribution in [0.2, 0.25) is 0 Å². The second-order valence-electron chi connectivity index (χ2n) is 3.51. The van der Waals surface area contributed by atoms with E-state index in [2.05, 4.69) is 15.9 Å². The van der Waals surface area contributed by atoms with Gasteiger partial charge in [-0.05, 0) is 21.5 Å². The fourth-order valence-electron chi connectivity index (χ4n) is 1.45. The molecule has 0 amide bonds. The number of benzene rings is 1. The highest BCUT2D eigenvalue weighted by molar-refractivity contribution is 9.10. The van der Waals surface area contributed by atoms with Gasteiger partial charge in [0.1, 0.15) is 6.61 Å². The molecular weight excluding hydrogens is 316 g/mol. The van der Waals surface area contributed by atoms with E-state index in [4.69, 9.17) is 9.47 Å². The van der Waals surface area contributed by atoms with E-state index in [1.54, 1.807) is 5.38 Å². The lowest BCUT2D eigenvalue weighted by Gasteiger charge is -2.05. The molecule has 0 aliphatic carbocycles. The van der Waals surface area contributed by atoms with E-state index in [1.165, 1.54) is 18.4 Å². The summed E-state index contributed by atoms with van der Waals surface area (Å²) >= 11 is 4.62. The zero-order valence-corrected chi connectivity index (χ0v) is 12.1. The minimum absolute atomic E-state index is 0.262. The molecule has 1 aromatic carbocycles. The normalized spacial score (nSPS) is 10.1. The molecule has 0 atom stereocenters. The van der Waals surface area contributed by atoms with Crippen LogP contribution in [-0.4, -0.2) is 13.1 Å². The van der Waals surface area contributed by atoms with E-state index in [9.17, 15) is 4.79 Å². The second-order valence-corrected chi connectivity index (χ2v) is 5.24. The third-order valence-corrected chi connectivity index (χ3v) is 4.14. The first-order valence-corrected chi connectivity index (χ1v) is 6.91. The van der Waals surface area contributed by atoms with Crippen LogP contribution in [0.3, 0.4) is 0 Å². The second kappa shape index (κ2) is 6.02. The number of carbonyl (C=O) groups is 1. The lowest BCUT2D eigenvalue weighted by atomic mass is 10.2. The summed E-state index contributed by atoms with van der Waals surface area (Å²) in [5.74, 6) is 0.157. The molecule has 0 bridgehead atoms. The van der Waals surface area contributed by atoms with E-state index < -0.39 is 0 Å². The van der Waals surface area contributed by atoms with Crippen LogP contribution in [0, 0.1) is 0 Å². The third kappa shape index (κ3) is 2.91. The minimum atomic E-state index is -0.369. The SMILES string of the molecule is COc1c(Br)csc1C(=O)OCc1ccccc1. The van der Waals surface area contributed by atoms with Gasteiger partial charge in [0, 0.05) is 5.38 Å². The van der Waals surface area contributed by atoms with Crippen LogP contribution in [0.15, 0.2) is 40.2 Å². The number of hydrogen-bond donors (Lipinski definition) is 0. The fourth-order valence-corrected chi connectivity index (χ4v) is 3.00. The van der Waals surface area contributed by atoms with Gasteiger partial charge in [0.2, 0.25) is 0 Å². The molecule has 2 rings (SSSR count). The molecule has 94 valence electrons. The Labute approximate surface area is 117 Å². The Hall–Kier alpha value is -1.33. The van der Waals surface area contributed by atoms with Crippen LogP contribution in [-0.2, 0) is 11.3 Å². The van der Waals surface area contributed by atoms with Crippen molar-refractivity contribution < 1.29 is 14.3 Å². The van der Waals surface area contributed by atoms with Crippen molar-refractivity contribution in [3.8, 4) is 5.75 Å². The number of hydrogen-bond acceptors (Lipinski definition) is 4. The quantitative estimate of drug-likeness (QED) is 0.800. The van der Waals surface area contributed by atoms with Crippen LogP contribution in [0.25, 0.3) is 0 Å². The molecule has 2 aromatic rings. The Morgan fingerprint density at radius 3 is 2.72 bits per heavy atom. The molecule has 18 heavy (non-hydrogen) atoms. The molecule has 0 saturated carbocycles. The van der Waals surface area contributed by atoms with E-state index in [1.807, 2.05) is 30.3 Å². The minimum Gasteiger partial charge on any atom is -0.494 e. The monoisotopic (exact) mass is 326 g/mol. The van der Waals surface area contributed by atoms with Gasteiger partial charge in [-0.15, -0.1) is 11.3 Å². The maximum absolute atomic E-state index is 11.9. The Bertz CT molecular complexity index is 536. The molecule has 0 saturated heterocycles. The summed E-state index contributed by atoms with van der Waals surface area (Å²) in [5, 5.41) is 1.80. The molecule has 3 nitrogen and oxygen atoms in total. The van der Waals surface area contributed by atoms with Gasteiger partial charge in [-0.25, -0.2) is 4.79 Å². The molecule has 0 aliphatic heterocycles. The summed E-state index contributed by atoms with van der Waals surface area (Å²) < 4.78 is 11.2. The molecule has 1 heterocycles. The van der Waals surface area contributed by atoms with Crippen LogP contribution in [0.5, 0.6) is 5.75 Å². The smallest absolute Gasteiger partial charge is 0.352 e. The fraction of sp³-hybridized carbons (Fsp3) is 0.154. The first-order valence-electron chi connectivity index (χ1n) is 5.24. The number of carbonyl (C=O) groups excluding carboxylic acids is 1. The molecule has 0 fully saturated rings. The number of rotatable bonds is 4. The zero-order chi connectivity index (χ0) is 13.0. The first kappa shape index (κ1) is 13.1. The van der Waals surface area contributed by atoms with Gasteiger partial charge in [0.25, 0.3) is 0 Å². The Morgan fingerprint density at radius 2 is 2.06 bits per heavy atom. The number of halogens is 1. The van der Waals surface area contributed by atoms with Gasteiger partial charge in [0.15, 0.2) is 10.6 Å². The summed E-state index contributed by atoms with van der Waals surface area (Å²) in [7, 11) is 1.53. The summed E-state index contributed by atoms with van der Waals surface area (Å²) in [6.07, 6.45) is 0. The van der Waals surface area contributed by atoms with E-state index in [0.717, 1.165) is 10.0 Å². The van der Waals surface area contributed by atoms with Crippen molar-refractivity contribution in [2.45, 2.75) is 6.61 Å². The topological polar surface area (TPSA) is 35.5 Å². The van der Waals surface area contributed by atoms with Crippen LogP contribution in [0.4, 0.5) is 0 Å².